The summed E-state index contributed by atoms with van der Waals surface area (Å²) < 4.78 is 68.2. The molecule has 0 aromatic heterocycles. The van der Waals surface area contributed by atoms with Gasteiger partial charge in [-0.2, -0.15) is 0 Å². The lowest BCUT2D eigenvalue weighted by atomic mass is 10.0. The predicted octanol–water partition coefficient (Wildman–Crippen LogP) is 21.0. The Labute approximate surface area is 562 Å². The first-order valence-corrected chi connectivity index (χ1v) is 40.8. The number of phosphoric acid groups is 2. The van der Waals surface area contributed by atoms with Gasteiger partial charge < -0.3 is 33.8 Å². The molecule has 0 fully saturated rings. The van der Waals surface area contributed by atoms with Crippen LogP contribution >= 0.6 is 15.6 Å². The van der Waals surface area contributed by atoms with E-state index < -0.39 is 97.5 Å². The Morgan fingerprint density at radius 2 is 0.500 bits per heavy atom. The maximum absolute atomic E-state index is 13.0. The van der Waals surface area contributed by atoms with Gasteiger partial charge in [-0.15, -0.1) is 0 Å². The Morgan fingerprint density at radius 1 is 0.293 bits per heavy atom. The molecular formula is C73H142O17P2. The van der Waals surface area contributed by atoms with E-state index in [1.165, 1.54) is 173 Å². The fraction of sp³-hybridized carbons (Fsp3) is 0.945. The van der Waals surface area contributed by atoms with Gasteiger partial charge in [-0.25, -0.2) is 9.13 Å². The summed E-state index contributed by atoms with van der Waals surface area (Å²) in [6.45, 7) is 11.8. The molecule has 0 aromatic carbocycles. The highest BCUT2D eigenvalue weighted by atomic mass is 31.2. The maximum Gasteiger partial charge on any atom is 0.472 e. The van der Waals surface area contributed by atoms with Gasteiger partial charge in [0.2, 0.25) is 0 Å². The lowest BCUT2D eigenvalue weighted by Gasteiger charge is -2.21. The van der Waals surface area contributed by atoms with Crippen molar-refractivity contribution in [3.05, 3.63) is 0 Å². The minimum Gasteiger partial charge on any atom is -0.462 e. The highest BCUT2D eigenvalue weighted by Gasteiger charge is 2.30. The third-order valence-corrected chi connectivity index (χ3v) is 18.8. The van der Waals surface area contributed by atoms with E-state index in [0.717, 1.165) is 114 Å². The van der Waals surface area contributed by atoms with Crippen molar-refractivity contribution < 1.29 is 80.2 Å². The van der Waals surface area contributed by atoms with Gasteiger partial charge in [0.15, 0.2) is 12.2 Å². The van der Waals surface area contributed by atoms with E-state index in [4.69, 9.17) is 37.0 Å². The Hall–Kier alpha value is -1.94. The van der Waals surface area contributed by atoms with Gasteiger partial charge in [-0.3, -0.25) is 37.3 Å². The third kappa shape index (κ3) is 66.7. The van der Waals surface area contributed by atoms with Crippen LogP contribution < -0.4 is 0 Å². The number of unbranched alkanes of at least 4 members (excludes halogenated alkanes) is 39. The molecule has 0 aliphatic carbocycles. The summed E-state index contributed by atoms with van der Waals surface area (Å²) in [5.41, 5.74) is 0. The molecule has 3 N–H and O–H groups in total. The van der Waals surface area contributed by atoms with Crippen LogP contribution in [0.5, 0.6) is 0 Å². The molecule has 0 saturated heterocycles. The van der Waals surface area contributed by atoms with E-state index in [-0.39, 0.29) is 25.7 Å². The molecule has 0 radical (unpaired) electrons. The van der Waals surface area contributed by atoms with Crippen LogP contribution in [-0.2, 0) is 65.4 Å². The Bertz CT molecular complexity index is 1800. The van der Waals surface area contributed by atoms with Gasteiger partial charge in [0.25, 0.3) is 0 Å². The normalized spacial score (nSPS) is 14.1. The second-order valence-corrected chi connectivity index (χ2v) is 30.7. The van der Waals surface area contributed by atoms with Crippen LogP contribution in [0.1, 0.15) is 370 Å². The number of ether oxygens (including phenoxy) is 4. The number of aliphatic hydroxyl groups excluding tert-OH is 1. The molecule has 0 amide bonds. The average Bonchev–Trinajstić information content (AvgIpc) is 3.52. The van der Waals surface area contributed by atoms with Gasteiger partial charge in [-0.1, -0.05) is 318 Å². The smallest absolute Gasteiger partial charge is 0.462 e. The van der Waals surface area contributed by atoms with Gasteiger partial charge in [0, 0.05) is 25.7 Å². The van der Waals surface area contributed by atoms with Crippen LogP contribution in [-0.4, -0.2) is 96.7 Å². The Balaban J connectivity index is 5.15. The number of hydrogen-bond acceptors (Lipinski definition) is 15. The number of carbonyl (C=O) groups is 4. The zero-order valence-electron chi connectivity index (χ0n) is 60.0. The van der Waals surface area contributed by atoms with Gasteiger partial charge in [0.1, 0.15) is 19.3 Å². The molecule has 92 heavy (non-hydrogen) atoms. The molecule has 0 rings (SSSR count). The molecule has 17 nitrogen and oxygen atoms in total. The van der Waals surface area contributed by atoms with Crippen molar-refractivity contribution in [2.45, 2.75) is 388 Å². The fourth-order valence-corrected chi connectivity index (χ4v) is 12.7. The van der Waals surface area contributed by atoms with E-state index in [1.54, 1.807) is 0 Å². The van der Waals surface area contributed by atoms with Crippen molar-refractivity contribution in [1.82, 2.24) is 0 Å². The van der Waals surface area contributed by atoms with E-state index in [2.05, 4.69) is 48.5 Å². The molecule has 0 aliphatic heterocycles. The number of esters is 4. The summed E-state index contributed by atoms with van der Waals surface area (Å²) in [6.07, 6.45) is 48.9. The molecule has 546 valence electrons. The zero-order valence-corrected chi connectivity index (χ0v) is 61.8. The van der Waals surface area contributed by atoms with Crippen molar-refractivity contribution in [1.29, 1.82) is 0 Å². The van der Waals surface area contributed by atoms with Crippen LogP contribution in [0.3, 0.4) is 0 Å². The van der Waals surface area contributed by atoms with Crippen molar-refractivity contribution in [3.8, 4) is 0 Å². The van der Waals surface area contributed by atoms with Crippen LogP contribution in [0.2, 0.25) is 0 Å². The van der Waals surface area contributed by atoms with Crippen LogP contribution in [0.4, 0.5) is 0 Å². The number of aliphatic hydroxyl groups is 1. The zero-order chi connectivity index (χ0) is 68.0. The van der Waals surface area contributed by atoms with Crippen LogP contribution in [0, 0.1) is 17.8 Å². The van der Waals surface area contributed by atoms with Crippen molar-refractivity contribution in [2.24, 2.45) is 17.8 Å². The van der Waals surface area contributed by atoms with E-state index >= 15 is 0 Å². The summed E-state index contributed by atoms with van der Waals surface area (Å²) in [5.74, 6) is 0.218. The highest BCUT2D eigenvalue weighted by molar-refractivity contribution is 7.47. The monoisotopic (exact) mass is 1350 g/mol. The summed E-state index contributed by atoms with van der Waals surface area (Å²) >= 11 is 0. The SMILES string of the molecule is CCCCCCCC(=O)OC[C@H](COP(=O)(O)OC[C@H](O)COP(=O)(O)OC[C@@H](COC(=O)CCCCCCCCCCCCCCC(C)C)OC(=O)CCCCCCCCCCCCCCCCCC(C)C)OC(=O)CCCCCCCCCCCCCC(C)C. The Kier molecular flexibility index (Phi) is 62.4. The van der Waals surface area contributed by atoms with Crippen molar-refractivity contribution in [2.75, 3.05) is 39.6 Å². The topological polar surface area (TPSA) is 237 Å². The largest absolute Gasteiger partial charge is 0.472 e. The molecule has 2 unspecified atom stereocenters. The lowest BCUT2D eigenvalue weighted by Crippen LogP contribution is -2.30. The van der Waals surface area contributed by atoms with Crippen LogP contribution in [0.25, 0.3) is 0 Å². The molecule has 0 bridgehead atoms. The molecule has 0 aliphatic rings. The first-order valence-electron chi connectivity index (χ1n) is 37.8. The fourth-order valence-electron chi connectivity index (χ4n) is 11.1. The molecule has 5 atom stereocenters. The highest BCUT2D eigenvalue weighted by Crippen LogP contribution is 2.45. The second-order valence-electron chi connectivity index (χ2n) is 27.8. The summed E-state index contributed by atoms with van der Waals surface area (Å²) in [4.78, 5) is 72.4. The first kappa shape index (κ1) is 90.1. The molecule has 0 spiro atoms. The van der Waals surface area contributed by atoms with E-state index in [9.17, 15) is 43.2 Å². The first-order chi connectivity index (χ1) is 44.2. The lowest BCUT2D eigenvalue weighted by molar-refractivity contribution is -0.161. The Morgan fingerprint density at radius 3 is 0.739 bits per heavy atom. The molecule has 0 heterocycles. The quantitative estimate of drug-likeness (QED) is 0.0222. The average molecular weight is 1350 g/mol. The molecule has 0 saturated carbocycles. The number of carbonyl (C=O) groups excluding carboxylic acids is 4. The predicted molar refractivity (Wildman–Crippen MR) is 372 cm³/mol. The van der Waals surface area contributed by atoms with Crippen molar-refractivity contribution in [3.63, 3.8) is 0 Å². The van der Waals surface area contributed by atoms with Gasteiger partial charge >= 0.3 is 39.5 Å². The van der Waals surface area contributed by atoms with Crippen molar-refractivity contribution >= 4 is 39.5 Å². The standard InChI is InChI=1S/C73H142O17P2/c1-8-9-10-37-47-54-70(75)83-60-68(89-72(77)57-50-43-36-30-24-18-21-27-33-40-46-53-66(6)7)62-87-91(79,80)85-58-67(74)59-86-92(81,82)88-63-69(61-84-71(76)55-48-41-34-28-22-17-16-20-26-32-39-45-52-65(4)5)90-73(78)56-49-42-35-29-23-15-13-11-12-14-19-25-31-38-44-51-64(2)3/h64-69,74H,8-63H2,1-7H3,(H,79,80)(H,81,82)/t67-,68+,69+/m0/s1. The van der Waals surface area contributed by atoms with E-state index in [0.29, 0.717) is 25.7 Å². The molecular weight excluding hydrogens is 1210 g/mol. The van der Waals surface area contributed by atoms with Gasteiger partial charge in [-0.05, 0) is 43.4 Å². The molecule has 19 heteroatoms. The number of hydrogen-bond donors (Lipinski definition) is 3. The number of rotatable bonds is 71. The summed E-state index contributed by atoms with van der Waals surface area (Å²) in [7, 11) is -9.90. The minimum atomic E-state index is -4.95. The molecule has 0 aromatic rings. The second kappa shape index (κ2) is 63.8. The van der Waals surface area contributed by atoms with E-state index in [1.807, 2.05) is 0 Å². The third-order valence-electron chi connectivity index (χ3n) is 16.9. The number of phosphoric ester groups is 2. The maximum atomic E-state index is 13.0. The van der Waals surface area contributed by atoms with Crippen LogP contribution in [0.15, 0.2) is 0 Å². The summed E-state index contributed by atoms with van der Waals surface area (Å²) in [5, 5.41) is 10.6. The summed E-state index contributed by atoms with van der Waals surface area (Å²) in [6, 6.07) is 0. The van der Waals surface area contributed by atoms with Gasteiger partial charge in [0.05, 0.1) is 26.4 Å². The minimum absolute atomic E-state index is 0.105.